The predicted octanol–water partition coefficient (Wildman–Crippen LogP) is 4.12. The van der Waals surface area contributed by atoms with Gasteiger partial charge in [-0.25, -0.2) is 0 Å². The van der Waals surface area contributed by atoms with Gasteiger partial charge in [-0.15, -0.1) is 0 Å². The highest BCUT2D eigenvalue weighted by Gasteiger charge is 2.28. The standard InChI is InChI=1S/C11H15BrNO5P/c1-3-17-19(16,18-4-2)8-9-5-6-10(12)7-11(9)13(14)15/h5-7H,3-4,8H2,1-2H3. The largest absolute Gasteiger partial charge is 0.335 e. The van der Waals surface area contributed by atoms with Crippen LogP contribution in [0, 0.1) is 10.1 Å². The second-order valence-corrected chi connectivity index (χ2v) is 6.60. The molecule has 0 aliphatic carbocycles. The number of benzene rings is 1. The number of nitro groups is 1. The van der Waals surface area contributed by atoms with Gasteiger partial charge >= 0.3 is 7.60 Å². The van der Waals surface area contributed by atoms with Gasteiger partial charge in [-0.05, 0) is 19.9 Å². The predicted molar refractivity (Wildman–Crippen MR) is 75.4 cm³/mol. The normalized spacial score (nSPS) is 11.5. The molecule has 0 spiro atoms. The number of halogens is 1. The van der Waals surface area contributed by atoms with Crippen LogP contribution in [0.4, 0.5) is 5.69 Å². The van der Waals surface area contributed by atoms with Crippen LogP contribution in [-0.4, -0.2) is 18.1 Å². The molecule has 0 radical (unpaired) electrons. The van der Waals surface area contributed by atoms with Crippen LogP contribution >= 0.6 is 23.5 Å². The first kappa shape index (κ1) is 16.3. The summed E-state index contributed by atoms with van der Waals surface area (Å²) < 4.78 is 23.2. The van der Waals surface area contributed by atoms with Crippen molar-refractivity contribution in [2.75, 3.05) is 13.2 Å². The Morgan fingerprint density at radius 1 is 1.32 bits per heavy atom. The van der Waals surface area contributed by atoms with Crippen molar-refractivity contribution in [2.45, 2.75) is 20.0 Å². The molecule has 6 nitrogen and oxygen atoms in total. The molecule has 0 aliphatic heterocycles. The summed E-state index contributed by atoms with van der Waals surface area (Å²) in [5.74, 6) is 0. The van der Waals surface area contributed by atoms with Gasteiger partial charge in [-0.3, -0.25) is 14.7 Å². The fourth-order valence-corrected chi connectivity index (χ4v) is 3.65. The number of nitrogens with zero attached hydrogens (tertiary/aromatic N) is 1. The third-order valence-electron chi connectivity index (χ3n) is 2.26. The minimum Gasteiger partial charge on any atom is -0.309 e. The third-order valence-corrected chi connectivity index (χ3v) is 4.78. The van der Waals surface area contributed by atoms with E-state index in [2.05, 4.69) is 15.9 Å². The first-order valence-corrected chi connectivity index (χ1v) is 8.25. The molecule has 0 atom stereocenters. The van der Waals surface area contributed by atoms with E-state index in [1.807, 2.05) is 0 Å². The van der Waals surface area contributed by atoms with Crippen LogP contribution in [0.25, 0.3) is 0 Å². The van der Waals surface area contributed by atoms with Gasteiger partial charge in [0.1, 0.15) is 0 Å². The lowest BCUT2D eigenvalue weighted by atomic mass is 10.2. The molecule has 0 fully saturated rings. The maximum absolute atomic E-state index is 12.4. The Morgan fingerprint density at radius 3 is 2.37 bits per heavy atom. The van der Waals surface area contributed by atoms with Crippen molar-refractivity contribution in [1.82, 2.24) is 0 Å². The minimum absolute atomic E-state index is 0.103. The molecule has 0 saturated heterocycles. The Balaban J connectivity index is 3.09. The van der Waals surface area contributed by atoms with Crippen molar-refractivity contribution in [3.05, 3.63) is 38.3 Å². The molecule has 0 unspecified atom stereocenters. The van der Waals surface area contributed by atoms with E-state index < -0.39 is 12.5 Å². The van der Waals surface area contributed by atoms with Gasteiger partial charge in [0.15, 0.2) is 0 Å². The SMILES string of the molecule is CCOP(=O)(Cc1ccc(Br)cc1[N+](=O)[O-])OCC. The van der Waals surface area contributed by atoms with Crippen LogP contribution < -0.4 is 0 Å². The molecule has 1 aromatic carbocycles. The molecule has 0 saturated carbocycles. The number of nitro benzene ring substituents is 1. The van der Waals surface area contributed by atoms with E-state index in [0.29, 0.717) is 10.0 Å². The Bertz CT molecular complexity index is 498. The summed E-state index contributed by atoms with van der Waals surface area (Å²) in [4.78, 5) is 10.5. The highest BCUT2D eigenvalue weighted by atomic mass is 79.9. The highest BCUT2D eigenvalue weighted by molar-refractivity contribution is 9.10. The molecule has 0 heterocycles. The number of rotatable bonds is 7. The van der Waals surface area contributed by atoms with Crippen LogP contribution in [-0.2, 0) is 19.8 Å². The van der Waals surface area contributed by atoms with E-state index in [1.165, 1.54) is 6.07 Å². The van der Waals surface area contributed by atoms with Crippen molar-refractivity contribution < 1.29 is 18.5 Å². The van der Waals surface area contributed by atoms with Crippen LogP contribution in [0.1, 0.15) is 19.4 Å². The maximum Gasteiger partial charge on any atom is 0.335 e. The molecule has 19 heavy (non-hydrogen) atoms. The monoisotopic (exact) mass is 351 g/mol. The lowest BCUT2D eigenvalue weighted by Gasteiger charge is -2.16. The lowest BCUT2D eigenvalue weighted by Crippen LogP contribution is -2.02. The molecule has 106 valence electrons. The Labute approximate surface area is 119 Å². The van der Waals surface area contributed by atoms with Crippen molar-refractivity contribution in [3.63, 3.8) is 0 Å². The van der Waals surface area contributed by atoms with Gasteiger partial charge in [0, 0.05) is 16.1 Å². The van der Waals surface area contributed by atoms with Crippen LogP contribution in [0.15, 0.2) is 22.7 Å². The molecule has 8 heteroatoms. The van der Waals surface area contributed by atoms with Crippen LogP contribution in [0.2, 0.25) is 0 Å². The topological polar surface area (TPSA) is 78.7 Å². The smallest absolute Gasteiger partial charge is 0.309 e. The van der Waals surface area contributed by atoms with E-state index in [9.17, 15) is 14.7 Å². The first-order valence-electron chi connectivity index (χ1n) is 5.72. The van der Waals surface area contributed by atoms with Crippen molar-refractivity contribution in [3.8, 4) is 0 Å². The quantitative estimate of drug-likeness (QED) is 0.419. The fourth-order valence-electron chi connectivity index (χ4n) is 1.57. The zero-order chi connectivity index (χ0) is 14.5. The molecule has 1 aromatic rings. The fraction of sp³-hybridized carbons (Fsp3) is 0.455. The summed E-state index contributed by atoms with van der Waals surface area (Å²) in [5, 5.41) is 11.0. The summed E-state index contributed by atoms with van der Waals surface area (Å²) in [7, 11) is -3.34. The Morgan fingerprint density at radius 2 is 1.89 bits per heavy atom. The molecule has 0 bridgehead atoms. The molecule has 1 rings (SSSR count). The average Bonchev–Trinajstić information content (AvgIpc) is 2.31. The Hall–Kier alpha value is -0.750. The summed E-state index contributed by atoms with van der Waals surface area (Å²) >= 11 is 3.17. The van der Waals surface area contributed by atoms with Gasteiger partial charge in [-0.1, -0.05) is 22.0 Å². The van der Waals surface area contributed by atoms with Crippen molar-refractivity contribution >= 4 is 29.2 Å². The van der Waals surface area contributed by atoms with Crippen LogP contribution in [0.5, 0.6) is 0 Å². The number of hydrogen-bond donors (Lipinski definition) is 0. The molecule has 0 N–H and O–H groups in total. The van der Waals surface area contributed by atoms with Gasteiger partial charge < -0.3 is 9.05 Å². The van der Waals surface area contributed by atoms with E-state index in [1.54, 1.807) is 26.0 Å². The van der Waals surface area contributed by atoms with E-state index >= 15 is 0 Å². The molecule has 0 amide bonds. The summed E-state index contributed by atoms with van der Waals surface area (Å²) in [6.45, 7) is 3.84. The minimum atomic E-state index is -3.34. The van der Waals surface area contributed by atoms with Gasteiger partial charge in [0.2, 0.25) is 0 Å². The van der Waals surface area contributed by atoms with Gasteiger partial charge in [0.25, 0.3) is 5.69 Å². The van der Waals surface area contributed by atoms with E-state index in [4.69, 9.17) is 9.05 Å². The van der Waals surface area contributed by atoms with Gasteiger partial charge in [0.05, 0.1) is 24.3 Å². The van der Waals surface area contributed by atoms with Crippen molar-refractivity contribution in [1.29, 1.82) is 0 Å². The second kappa shape index (κ2) is 7.14. The zero-order valence-electron chi connectivity index (χ0n) is 10.7. The van der Waals surface area contributed by atoms with E-state index in [0.717, 1.165) is 0 Å². The van der Waals surface area contributed by atoms with E-state index in [-0.39, 0.29) is 25.1 Å². The summed E-state index contributed by atoms with van der Waals surface area (Å²) in [5.41, 5.74) is 0.229. The third kappa shape index (κ3) is 4.69. The molecule has 0 aromatic heterocycles. The van der Waals surface area contributed by atoms with Crippen molar-refractivity contribution in [2.24, 2.45) is 0 Å². The highest BCUT2D eigenvalue weighted by Crippen LogP contribution is 2.52. The average molecular weight is 352 g/mol. The second-order valence-electron chi connectivity index (χ2n) is 3.63. The summed E-state index contributed by atoms with van der Waals surface area (Å²) in [6.07, 6.45) is -0.113. The van der Waals surface area contributed by atoms with Crippen LogP contribution in [0.3, 0.4) is 0 Å². The molecule has 0 aliphatic rings. The number of hydrogen-bond acceptors (Lipinski definition) is 5. The molecular weight excluding hydrogens is 337 g/mol. The lowest BCUT2D eigenvalue weighted by molar-refractivity contribution is -0.385. The summed E-state index contributed by atoms with van der Waals surface area (Å²) in [6, 6.07) is 4.58. The first-order chi connectivity index (χ1) is 8.91. The zero-order valence-corrected chi connectivity index (χ0v) is 13.1. The van der Waals surface area contributed by atoms with Gasteiger partial charge in [-0.2, -0.15) is 0 Å². The molecular formula is C11H15BrNO5P. The maximum atomic E-state index is 12.4. The Kier molecular flexibility index (Phi) is 6.13.